The second-order valence-corrected chi connectivity index (χ2v) is 6.73. The zero-order chi connectivity index (χ0) is 15.6. The summed E-state index contributed by atoms with van der Waals surface area (Å²) in [5.41, 5.74) is 1.01. The van der Waals surface area contributed by atoms with Gasteiger partial charge in [0.1, 0.15) is 11.8 Å². The van der Waals surface area contributed by atoms with Crippen molar-refractivity contribution in [3.63, 3.8) is 0 Å². The van der Waals surface area contributed by atoms with Crippen LogP contribution in [-0.4, -0.2) is 21.0 Å². The average molecular weight is 327 g/mol. The molecule has 1 saturated carbocycles. The Bertz CT molecular complexity index is 652. The summed E-state index contributed by atoms with van der Waals surface area (Å²) in [6.45, 7) is 0. The van der Waals surface area contributed by atoms with Crippen molar-refractivity contribution < 1.29 is 4.42 Å². The maximum absolute atomic E-state index is 5.77. The lowest BCUT2D eigenvalue weighted by atomic mass is 9.92. The van der Waals surface area contributed by atoms with E-state index in [0.29, 0.717) is 6.04 Å². The number of thiocarbonyl (C=S) groups is 1. The van der Waals surface area contributed by atoms with Crippen LogP contribution < -0.4 is 5.32 Å². The highest BCUT2D eigenvalue weighted by Crippen LogP contribution is 2.42. The Labute approximate surface area is 141 Å². The smallest absolute Gasteiger partial charge is 0.170 e. The number of hydrogen-bond donors (Lipinski definition) is 1. The van der Waals surface area contributed by atoms with Gasteiger partial charge in [0, 0.05) is 12.2 Å². The molecule has 4 nitrogen and oxygen atoms in total. The van der Waals surface area contributed by atoms with Gasteiger partial charge in [0.05, 0.1) is 18.0 Å². The van der Waals surface area contributed by atoms with Gasteiger partial charge >= 0.3 is 0 Å². The molecule has 1 aliphatic heterocycles. The molecule has 2 aliphatic rings. The minimum atomic E-state index is 0.0387. The van der Waals surface area contributed by atoms with Crippen LogP contribution in [0.1, 0.15) is 55.6 Å². The Balaban J connectivity index is 1.71. The summed E-state index contributed by atoms with van der Waals surface area (Å²) in [7, 11) is 0. The van der Waals surface area contributed by atoms with Crippen LogP contribution in [0.3, 0.4) is 0 Å². The molecule has 2 aromatic heterocycles. The fourth-order valence-corrected chi connectivity index (χ4v) is 4.27. The Morgan fingerprint density at radius 1 is 1.13 bits per heavy atom. The van der Waals surface area contributed by atoms with E-state index in [0.717, 1.165) is 16.6 Å². The standard InChI is InChI=1S/C18H21N3OS/c23-18-20-16(14-9-4-5-11-19-14)17(15-10-6-12-22-15)21(18)13-7-2-1-3-8-13/h4-6,9-13,16-17H,1-3,7-8H2,(H,20,23)/t16-,17-/m1/s1. The molecular weight excluding hydrogens is 306 g/mol. The Morgan fingerprint density at radius 3 is 2.70 bits per heavy atom. The van der Waals surface area contributed by atoms with Gasteiger partial charge in [-0.2, -0.15) is 0 Å². The van der Waals surface area contributed by atoms with Crippen molar-refractivity contribution in [3.8, 4) is 0 Å². The van der Waals surface area contributed by atoms with Crippen molar-refractivity contribution in [2.45, 2.75) is 50.2 Å². The van der Waals surface area contributed by atoms with Crippen molar-refractivity contribution in [1.29, 1.82) is 0 Å². The SMILES string of the molecule is S=C1N[C@H](c2ccccn2)[C@@H](c2ccco2)N1C1CCCCC1. The van der Waals surface area contributed by atoms with Crippen LogP contribution >= 0.6 is 12.2 Å². The predicted molar refractivity (Wildman–Crippen MR) is 92.9 cm³/mol. The highest BCUT2D eigenvalue weighted by molar-refractivity contribution is 7.80. The van der Waals surface area contributed by atoms with E-state index in [1.54, 1.807) is 6.26 Å². The minimum absolute atomic E-state index is 0.0387. The number of rotatable bonds is 3. The molecule has 120 valence electrons. The van der Waals surface area contributed by atoms with Gasteiger partial charge in [0.15, 0.2) is 5.11 Å². The molecule has 2 aromatic rings. The molecular formula is C18H21N3OS. The van der Waals surface area contributed by atoms with E-state index in [2.05, 4.69) is 21.3 Å². The van der Waals surface area contributed by atoms with Crippen LogP contribution in [0.4, 0.5) is 0 Å². The molecule has 2 fully saturated rings. The Hall–Kier alpha value is -1.88. The zero-order valence-corrected chi connectivity index (χ0v) is 13.8. The maximum atomic E-state index is 5.77. The van der Waals surface area contributed by atoms with Gasteiger partial charge in [0.2, 0.25) is 0 Å². The van der Waals surface area contributed by atoms with Gasteiger partial charge in [-0.15, -0.1) is 0 Å². The van der Waals surface area contributed by atoms with Gasteiger partial charge in [-0.3, -0.25) is 4.98 Å². The first kappa shape index (κ1) is 14.7. The maximum Gasteiger partial charge on any atom is 0.170 e. The molecule has 1 saturated heterocycles. The number of hydrogen-bond acceptors (Lipinski definition) is 3. The van der Waals surface area contributed by atoms with Crippen molar-refractivity contribution >= 4 is 17.3 Å². The fourth-order valence-electron chi connectivity index (χ4n) is 3.88. The lowest BCUT2D eigenvalue weighted by Crippen LogP contribution is -2.40. The normalized spacial score (nSPS) is 25.6. The Kier molecular flexibility index (Phi) is 4.04. The monoisotopic (exact) mass is 327 g/mol. The molecule has 0 aromatic carbocycles. The first-order valence-corrected chi connectivity index (χ1v) is 8.78. The second kappa shape index (κ2) is 6.32. The summed E-state index contributed by atoms with van der Waals surface area (Å²) in [5.74, 6) is 0.957. The number of nitrogens with one attached hydrogen (secondary N) is 1. The third kappa shape index (κ3) is 2.74. The molecule has 0 radical (unpaired) electrons. The van der Waals surface area contributed by atoms with Crippen molar-refractivity contribution in [3.05, 3.63) is 54.2 Å². The zero-order valence-electron chi connectivity index (χ0n) is 13.0. The molecule has 1 aliphatic carbocycles. The van der Waals surface area contributed by atoms with Gasteiger partial charge in [0.25, 0.3) is 0 Å². The molecule has 0 unspecified atom stereocenters. The van der Waals surface area contributed by atoms with Crippen LogP contribution in [0.2, 0.25) is 0 Å². The van der Waals surface area contributed by atoms with E-state index in [1.165, 1.54) is 32.1 Å². The summed E-state index contributed by atoms with van der Waals surface area (Å²) in [5, 5.41) is 4.32. The van der Waals surface area contributed by atoms with Crippen LogP contribution in [0, 0.1) is 0 Å². The lowest BCUT2D eigenvalue weighted by molar-refractivity contribution is 0.178. The molecule has 4 rings (SSSR count). The highest BCUT2D eigenvalue weighted by Gasteiger charge is 2.44. The molecule has 1 N–H and O–H groups in total. The van der Waals surface area contributed by atoms with Crippen LogP contribution in [0.5, 0.6) is 0 Å². The molecule has 23 heavy (non-hydrogen) atoms. The summed E-state index contributed by atoms with van der Waals surface area (Å²) < 4.78 is 5.77. The van der Waals surface area contributed by atoms with Gasteiger partial charge < -0.3 is 14.6 Å². The minimum Gasteiger partial charge on any atom is -0.467 e. The highest BCUT2D eigenvalue weighted by atomic mass is 32.1. The predicted octanol–water partition coefficient (Wildman–Crippen LogP) is 3.98. The van der Waals surface area contributed by atoms with E-state index >= 15 is 0 Å². The summed E-state index contributed by atoms with van der Waals surface area (Å²) in [6, 6.07) is 10.6. The average Bonchev–Trinajstić information content (AvgIpc) is 3.24. The first-order valence-electron chi connectivity index (χ1n) is 8.38. The summed E-state index contributed by atoms with van der Waals surface area (Å²) in [4.78, 5) is 6.91. The van der Waals surface area contributed by atoms with Gasteiger partial charge in [-0.25, -0.2) is 0 Å². The first-order chi connectivity index (χ1) is 11.3. The fraction of sp³-hybridized carbons (Fsp3) is 0.444. The van der Waals surface area contributed by atoms with Crippen LogP contribution in [0.25, 0.3) is 0 Å². The van der Waals surface area contributed by atoms with E-state index in [4.69, 9.17) is 16.6 Å². The quantitative estimate of drug-likeness (QED) is 0.864. The summed E-state index contributed by atoms with van der Waals surface area (Å²) in [6.07, 6.45) is 9.88. The third-order valence-corrected chi connectivity index (χ3v) is 5.27. The van der Waals surface area contributed by atoms with E-state index in [1.807, 2.05) is 30.5 Å². The topological polar surface area (TPSA) is 41.3 Å². The largest absolute Gasteiger partial charge is 0.467 e. The molecule has 5 heteroatoms. The van der Waals surface area contributed by atoms with E-state index < -0.39 is 0 Å². The van der Waals surface area contributed by atoms with E-state index in [9.17, 15) is 0 Å². The van der Waals surface area contributed by atoms with Crippen molar-refractivity contribution in [2.75, 3.05) is 0 Å². The molecule has 0 spiro atoms. The number of aromatic nitrogens is 1. The molecule has 2 atom stereocenters. The molecule has 0 bridgehead atoms. The van der Waals surface area contributed by atoms with Crippen LogP contribution in [0.15, 0.2) is 47.2 Å². The third-order valence-electron chi connectivity index (χ3n) is 4.94. The van der Waals surface area contributed by atoms with Crippen molar-refractivity contribution in [2.24, 2.45) is 0 Å². The molecule has 0 amide bonds. The number of nitrogens with zero attached hydrogens (tertiary/aromatic N) is 2. The Morgan fingerprint density at radius 2 is 2.00 bits per heavy atom. The van der Waals surface area contributed by atoms with E-state index in [-0.39, 0.29) is 12.1 Å². The van der Waals surface area contributed by atoms with Crippen LogP contribution in [-0.2, 0) is 0 Å². The number of furan rings is 1. The van der Waals surface area contributed by atoms with Crippen molar-refractivity contribution in [1.82, 2.24) is 15.2 Å². The van der Waals surface area contributed by atoms with Gasteiger partial charge in [-0.05, 0) is 49.3 Å². The lowest BCUT2D eigenvalue weighted by Gasteiger charge is -2.36. The van der Waals surface area contributed by atoms with Gasteiger partial charge in [-0.1, -0.05) is 25.3 Å². The molecule has 3 heterocycles. The summed E-state index contributed by atoms with van der Waals surface area (Å²) >= 11 is 5.69. The number of pyridine rings is 1. The second-order valence-electron chi connectivity index (χ2n) is 6.34.